The van der Waals surface area contributed by atoms with Crippen molar-refractivity contribution in [2.24, 2.45) is 0 Å². The molecule has 0 heterocycles. The van der Waals surface area contributed by atoms with E-state index in [0.29, 0.717) is 0 Å². The Morgan fingerprint density at radius 1 is 1.40 bits per heavy atom. The topological polar surface area (TPSA) is 90.7 Å². The first-order valence-corrected chi connectivity index (χ1v) is 5.71. The molecular weight excluding hydrogens is 271 g/mol. The molecule has 0 radical (unpaired) electrons. The Morgan fingerprint density at radius 2 is 2.00 bits per heavy atom. The molecule has 7 nitrogen and oxygen atoms in total. The SMILES string of the molecule is COC(OC)C(C)NC(=O)c1cc([N+](=O)[O-])ccc1F. The van der Waals surface area contributed by atoms with Crippen LogP contribution in [-0.4, -0.2) is 37.4 Å². The van der Waals surface area contributed by atoms with Gasteiger partial charge in [-0.2, -0.15) is 0 Å². The number of carbonyl (C=O) groups is 1. The third kappa shape index (κ3) is 3.72. The Hall–Kier alpha value is -2.06. The van der Waals surface area contributed by atoms with Crippen LogP contribution in [0, 0.1) is 15.9 Å². The van der Waals surface area contributed by atoms with Gasteiger partial charge in [-0.1, -0.05) is 0 Å². The second-order valence-corrected chi connectivity index (χ2v) is 4.02. The third-order valence-corrected chi connectivity index (χ3v) is 2.64. The molecule has 0 spiro atoms. The lowest BCUT2D eigenvalue weighted by molar-refractivity contribution is -0.384. The molecule has 0 bridgehead atoms. The van der Waals surface area contributed by atoms with Crippen LogP contribution in [0.3, 0.4) is 0 Å². The zero-order valence-electron chi connectivity index (χ0n) is 11.3. The van der Waals surface area contributed by atoms with Gasteiger partial charge in [-0.15, -0.1) is 0 Å². The monoisotopic (exact) mass is 286 g/mol. The molecule has 1 unspecified atom stereocenters. The molecule has 0 aromatic heterocycles. The average molecular weight is 286 g/mol. The number of nitro benzene ring substituents is 1. The molecule has 0 aliphatic carbocycles. The van der Waals surface area contributed by atoms with Gasteiger partial charge >= 0.3 is 0 Å². The second kappa shape index (κ2) is 6.92. The quantitative estimate of drug-likeness (QED) is 0.486. The van der Waals surface area contributed by atoms with Crippen LogP contribution in [-0.2, 0) is 9.47 Å². The number of hydrogen-bond acceptors (Lipinski definition) is 5. The molecule has 1 atom stereocenters. The summed E-state index contributed by atoms with van der Waals surface area (Å²) in [7, 11) is 2.79. The fourth-order valence-corrected chi connectivity index (χ4v) is 1.66. The van der Waals surface area contributed by atoms with Gasteiger partial charge in [0.05, 0.1) is 16.5 Å². The van der Waals surface area contributed by atoms with Crippen molar-refractivity contribution >= 4 is 11.6 Å². The Balaban J connectivity index is 2.92. The van der Waals surface area contributed by atoms with Crippen molar-refractivity contribution in [3.8, 4) is 0 Å². The number of methoxy groups -OCH3 is 2. The van der Waals surface area contributed by atoms with Crippen LogP contribution in [0.4, 0.5) is 10.1 Å². The predicted octanol–water partition coefficient (Wildman–Crippen LogP) is 1.47. The number of nitro groups is 1. The minimum atomic E-state index is -0.841. The van der Waals surface area contributed by atoms with Gasteiger partial charge in [-0.05, 0) is 13.0 Å². The highest BCUT2D eigenvalue weighted by Crippen LogP contribution is 2.17. The highest BCUT2D eigenvalue weighted by atomic mass is 19.1. The molecule has 0 saturated carbocycles. The zero-order valence-corrected chi connectivity index (χ0v) is 11.3. The molecule has 0 aliphatic rings. The molecule has 1 aromatic carbocycles. The van der Waals surface area contributed by atoms with Gasteiger partial charge in [0, 0.05) is 26.4 Å². The number of nitrogens with one attached hydrogen (secondary N) is 1. The number of nitrogens with zero attached hydrogens (tertiary/aromatic N) is 1. The minimum Gasteiger partial charge on any atom is -0.354 e. The van der Waals surface area contributed by atoms with Crippen LogP contribution >= 0.6 is 0 Å². The maximum atomic E-state index is 13.6. The van der Waals surface area contributed by atoms with E-state index in [9.17, 15) is 19.3 Å². The van der Waals surface area contributed by atoms with E-state index in [-0.39, 0.29) is 5.69 Å². The standard InChI is InChI=1S/C12H15FN2O5/c1-7(12(19-2)20-3)14-11(16)9-6-8(15(17)18)4-5-10(9)13/h4-7,12H,1-3H3,(H,14,16). The molecule has 20 heavy (non-hydrogen) atoms. The molecule has 0 aliphatic heterocycles. The van der Waals surface area contributed by atoms with Crippen molar-refractivity contribution in [2.45, 2.75) is 19.3 Å². The molecule has 110 valence electrons. The lowest BCUT2D eigenvalue weighted by Gasteiger charge is -2.22. The summed E-state index contributed by atoms with van der Waals surface area (Å²) < 4.78 is 23.5. The minimum absolute atomic E-state index is 0.362. The van der Waals surface area contributed by atoms with E-state index in [1.807, 2.05) is 0 Å². The summed E-state index contributed by atoms with van der Waals surface area (Å²) in [5.74, 6) is -1.62. The summed E-state index contributed by atoms with van der Waals surface area (Å²) >= 11 is 0. The third-order valence-electron chi connectivity index (χ3n) is 2.64. The molecule has 0 fully saturated rings. The first kappa shape index (κ1) is 16.0. The Kier molecular flexibility index (Phi) is 5.53. The van der Waals surface area contributed by atoms with Gasteiger partial charge in [-0.3, -0.25) is 14.9 Å². The van der Waals surface area contributed by atoms with Crippen molar-refractivity contribution in [3.63, 3.8) is 0 Å². The van der Waals surface area contributed by atoms with Crippen LogP contribution in [0.25, 0.3) is 0 Å². The first-order chi connectivity index (χ1) is 9.40. The van der Waals surface area contributed by atoms with Crippen molar-refractivity contribution in [1.82, 2.24) is 5.32 Å². The van der Waals surface area contributed by atoms with Gasteiger partial charge in [0.25, 0.3) is 11.6 Å². The first-order valence-electron chi connectivity index (χ1n) is 5.71. The van der Waals surface area contributed by atoms with E-state index in [0.717, 1.165) is 18.2 Å². The summed E-state index contributed by atoms with van der Waals surface area (Å²) in [4.78, 5) is 21.8. The van der Waals surface area contributed by atoms with E-state index in [1.54, 1.807) is 6.92 Å². The van der Waals surface area contributed by atoms with Crippen LogP contribution < -0.4 is 5.32 Å². The molecule has 1 N–H and O–H groups in total. The summed E-state index contributed by atoms with van der Waals surface area (Å²) in [6.07, 6.45) is -0.708. The molecule has 1 aromatic rings. The van der Waals surface area contributed by atoms with Crippen LogP contribution in [0.15, 0.2) is 18.2 Å². The summed E-state index contributed by atoms with van der Waals surface area (Å²) in [5.41, 5.74) is -0.767. The highest BCUT2D eigenvalue weighted by Gasteiger charge is 2.22. The number of non-ortho nitro benzene ring substituents is 1. The Bertz CT molecular complexity index is 505. The smallest absolute Gasteiger partial charge is 0.270 e. The number of ether oxygens (including phenoxy) is 2. The van der Waals surface area contributed by atoms with Crippen molar-refractivity contribution in [1.29, 1.82) is 0 Å². The molecule has 8 heteroatoms. The number of amides is 1. The molecule has 0 saturated heterocycles. The van der Waals surface area contributed by atoms with Crippen LogP contribution in [0.5, 0.6) is 0 Å². The Morgan fingerprint density at radius 3 is 2.50 bits per heavy atom. The maximum Gasteiger partial charge on any atom is 0.270 e. The highest BCUT2D eigenvalue weighted by molar-refractivity contribution is 5.95. The molecule has 1 rings (SSSR count). The zero-order chi connectivity index (χ0) is 15.3. The van der Waals surface area contributed by atoms with Gasteiger partial charge in [-0.25, -0.2) is 4.39 Å². The summed E-state index contributed by atoms with van der Waals surface area (Å²) in [6.45, 7) is 1.60. The van der Waals surface area contributed by atoms with Gasteiger partial charge in [0.15, 0.2) is 6.29 Å². The Labute approximate surface area is 114 Å². The van der Waals surface area contributed by atoms with Gasteiger partial charge in [0.1, 0.15) is 5.82 Å². The normalized spacial score (nSPS) is 12.2. The van der Waals surface area contributed by atoms with E-state index < -0.39 is 34.5 Å². The summed E-state index contributed by atoms with van der Waals surface area (Å²) in [5, 5.41) is 13.1. The lowest BCUT2D eigenvalue weighted by atomic mass is 10.1. The van der Waals surface area contributed by atoms with Gasteiger partial charge in [0.2, 0.25) is 0 Å². The summed E-state index contributed by atoms with van der Waals surface area (Å²) in [6, 6.07) is 2.19. The fraction of sp³-hybridized carbons (Fsp3) is 0.417. The van der Waals surface area contributed by atoms with Crippen molar-refractivity contribution in [3.05, 3.63) is 39.7 Å². The van der Waals surface area contributed by atoms with Crippen molar-refractivity contribution in [2.75, 3.05) is 14.2 Å². The fourth-order valence-electron chi connectivity index (χ4n) is 1.66. The second-order valence-electron chi connectivity index (χ2n) is 4.02. The van der Waals surface area contributed by atoms with Crippen LogP contribution in [0.2, 0.25) is 0 Å². The van der Waals surface area contributed by atoms with Crippen molar-refractivity contribution < 1.29 is 23.6 Å². The number of hydrogen-bond donors (Lipinski definition) is 1. The lowest BCUT2D eigenvalue weighted by Crippen LogP contribution is -2.43. The van der Waals surface area contributed by atoms with E-state index in [4.69, 9.17) is 9.47 Å². The van der Waals surface area contributed by atoms with Gasteiger partial charge < -0.3 is 14.8 Å². The van der Waals surface area contributed by atoms with Crippen LogP contribution in [0.1, 0.15) is 17.3 Å². The van der Waals surface area contributed by atoms with E-state index in [2.05, 4.69) is 5.32 Å². The number of rotatable bonds is 6. The number of carbonyl (C=O) groups excluding carboxylic acids is 1. The van der Waals surface area contributed by atoms with E-state index in [1.165, 1.54) is 14.2 Å². The molecule has 1 amide bonds. The predicted molar refractivity (Wildman–Crippen MR) is 67.8 cm³/mol. The number of benzene rings is 1. The average Bonchev–Trinajstić information content (AvgIpc) is 2.40. The maximum absolute atomic E-state index is 13.6. The molecular formula is C12H15FN2O5. The largest absolute Gasteiger partial charge is 0.354 e. The number of halogens is 1. The van der Waals surface area contributed by atoms with E-state index >= 15 is 0 Å².